The molecule has 2 aromatic heterocycles. The molecule has 1 atom stereocenters. The minimum Gasteiger partial charge on any atom is -0.485 e. The third-order valence-corrected chi connectivity index (χ3v) is 6.02. The zero-order chi connectivity index (χ0) is 21.2. The van der Waals surface area contributed by atoms with Crippen LogP contribution in [0.3, 0.4) is 0 Å². The summed E-state index contributed by atoms with van der Waals surface area (Å²) in [5, 5.41) is 9.11. The number of para-hydroxylation sites is 2. The number of carbonyl (C=O) groups is 1. The number of ether oxygens (including phenoxy) is 2. The van der Waals surface area contributed by atoms with E-state index in [-0.39, 0.29) is 12.5 Å². The van der Waals surface area contributed by atoms with E-state index in [1.54, 1.807) is 6.07 Å². The Bertz CT molecular complexity index is 1100. The van der Waals surface area contributed by atoms with E-state index in [0.29, 0.717) is 24.6 Å². The summed E-state index contributed by atoms with van der Waals surface area (Å²) in [6, 6.07) is 7.35. The molecule has 9 nitrogen and oxygen atoms in total. The molecule has 1 unspecified atom stereocenters. The second-order valence-corrected chi connectivity index (χ2v) is 8.26. The summed E-state index contributed by atoms with van der Waals surface area (Å²) in [7, 11) is 0. The number of rotatable bonds is 6. The highest BCUT2D eigenvalue weighted by Gasteiger charge is 2.27. The van der Waals surface area contributed by atoms with Gasteiger partial charge < -0.3 is 19.7 Å². The fraction of sp³-hybridized carbons (Fsp3) is 0.429. The molecule has 0 spiro atoms. The van der Waals surface area contributed by atoms with E-state index in [1.165, 1.54) is 24.6 Å². The SMILES string of the molecule is CSc1nc(N2CCCC2)c2cnn(CCNC(=O)C3COc4ccccc4O3)c2n1. The summed E-state index contributed by atoms with van der Waals surface area (Å²) in [5.41, 5.74) is 0.793. The third kappa shape index (κ3) is 3.99. The van der Waals surface area contributed by atoms with Gasteiger partial charge in [-0.3, -0.25) is 4.79 Å². The topological polar surface area (TPSA) is 94.4 Å². The monoisotopic (exact) mass is 440 g/mol. The summed E-state index contributed by atoms with van der Waals surface area (Å²) >= 11 is 1.52. The lowest BCUT2D eigenvalue weighted by atomic mass is 10.2. The number of hydrogen-bond acceptors (Lipinski definition) is 8. The van der Waals surface area contributed by atoms with E-state index in [0.717, 1.165) is 35.1 Å². The summed E-state index contributed by atoms with van der Waals surface area (Å²) < 4.78 is 13.2. The van der Waals surface area contributed by atoms with Crippen LogP contribution in [0.25, 0.3) is 11.0 Å². The van der Waals surface area contributed by atoms with Crippen LogP contribution in [0.5, 0.6) is 11.5 Å². The second kappa shape index (κ2) is 8.62. The molecular weight excluding hydrogens is 416 g/mol. The van der Waals surface area contributed by atoms with E-state index >= 15 is 0 Å². The van der Waals surface area contributed by atoms with E-state index in [4.69, 9.17) is 14.5 Å². The van der Waals surface area contributed by atoms with Crippen molar-refractivity contribution in [1.29, 1.82) is 0 Å². The number of amides is 1. The van der Waals surface area contributed by atoms with Crippen molar-refractivity contribution in [3.8, 4) is 11.5 Å². The highest BCUT2D eigenvalue weighted by molar-refractivity contribution is 7.98. The minimum atomic E-state index is -0.670. The first-order valence-corrected chi connectivity index (χ1v) is 11.6. The van der Waals surface area contributed by atoms with Gasteiger partial charge in [0, 0.05) is 19.6 Å². The average molecular weight is 441 g/mol. The Morgan fingerprint density at radius 1 is 1.23 bits per heavy atom. The van der Waals surface area contributed by atoms with Gasteiger partial charge in [0.1, 0.15) is 12.4 Å². The number of hydrogen-bond donors (Lipinski definition) is 1. The lowest BCUT2D eigenvalue weighted by molar-refractivity contribution is -0.130. The number of fused-ring (bicyclic) bond motifs is 2. The van der Waals surface area contributed by atoms with Gasteiger partial charge >= 0.3 is 0 Å². The number of anilines is 1. The van der Waals surface area contributed by atoms with E-state index in [2.05, 4.69) is 20.3 Å². The summed E-state index contributed by atoms with van der Waals surface area (Å²) in [5.74, 6) is 1.99. The Balaban J connectivity index is 1.26. The standard InChI is InChI=1S/C21H24N6O3S/c1-31-21-24-18(26-9-4-5-10-26)14-12-23-27(19(14)25-21)11-8-22-20(28)17-13-29-15-6-2-3-7-16(15)30-17/h2-3,6-7,12,17H,4-5,8-11,13H2,1H3,(H,22,28). The van der Waals surface area contributed by atoms with Crippen LogP contribution in [0.2, 0.25) is 0 Å². The highest BCUT2D eigenvalue weighted by atomic mass is 32.2. The molecule has 162 valence electrons. The number of aromatic nitrogens is 4. The van der Waals surface area contributed by atoms with Crippen molar-refractivity contribution in [3.63, 3.8) is 0 Å². The van der Waals surface area contributed by atoms with Crippen molar-refractivity contribution >= 4 is 34.5 Å². The molecule has 0 aliphatic carbocycles. The van der Waals surface area contributed by atoms with Gasteiger partial charge in [0.25, 0.3) is 5.91 Å². The fourth-order valence-electron chi connectivity index (χ4n) is 3.89. The van der Waals surface area contributed by atoms with Crippen LogP contribution in [0.15, 0.2) is 35.6 Å². The lowest BCUT2D eigenvalue weighted by Crippen LogP contribution is -2.44. The van der Waals surface area contributed by atoms with Crippen LogP contribution in [0.4, 0.5) is 5.82 Å². The molecule has 31 heavy (non-hydrogen) atoms. The summed E-state index contributed by atoms with van der Waals surface area (Å²) in [6.07, 6.45) is 5.48. The maximum atomic E-state index is 12.5. The van der Waals surface area contributed by atoms with Gasteiger partial charge in [-0.05, 0) is 31.2 Å². The van der Waals surface area contributed by atoms with E-state index < -0.39 is 6.10 Å². The minimum absolute atomic E-state index is 0.192. The molecular formula is C21H24N6O3S. The van der Waals surface area contributed by atoms with Crippen LogP contribution in [-0.2, 0) is 11.3 Å². The number of nitrogens with zero attached hydrogens (tertiary/aromatic N) is 5. The van der Waals surface area contributed by atoms with Crippen molar-refractivity contribution in [1.82, 2.24) is 25.1 Å². The molecule has 1 N–H and O–H groups in total. The first kappa shape index (κ1) is 19.9. The molecule has 5 rings (SSSR count). The maximum Gasteiger partial charge on any atom is 0.264 e. The van der Waals surface area contributed by atoms with E-state index in [1.807, 2.05) is 35.3 Å². The van der Waals surface area contributed by atoms with Crippen molar-refractivity contribution in [2.45, 2.75) is 30.6 Å². The smallest absolute Gasteiger partial charge is 0.264 e. The molecule has 4 heterocycles. The van der Waals surface area contributed by atoms with Crippen LogP contribution in [0, 0.1) is 0 Å². The first-order chi connectivity index (χ1) is 15.2. The van der Waals surface area contributed by atoms with Crippen LogP contribution < -0.4 is 19.7 Å². The van der Waals surface area contributed by atoms with E-state index in [9.17, 15) is 4.79 Å². The zero-order valence-corrected chi connectivity index (χ0v) is 18.1. The Morgan fingerprint density at radius 3 is 2.84 bits per heavy atom. The lowest BCUT2D eigenvalue weighted by Gasteiger charge is -2.25. The molecule has 3 aromatic rings. The number of carbonyl (C=O) groups excluding carboxylic acids is 1. The largest absolute Gasteiger partial charge is 0.485 e. The molecule has 1 amide bonds. The van der Waals surface area contributed by atoms with Gasteiger partial charge in [-0.15, -0.1) is 0 Å². The van der Waals surface area contributed by atoms with Crippen LogP contribution in [-0.4, -0.2) is 64.3 Å². The van der Waals surface area contributed by atoms with Gasteiger partial charge in [-0.25, -0.2) is 14.6 Å². The van der Waals surface area contributed by atoms with Gasteiger partial charge in [-0.2, -0.15) is 5.10 Å². The molecule has 0 bridgehead atoms. The molecule has 1 saturated heterocycles. The van der Waals surface area contributed by atoms with Crippen molar-refractivity contribution in [2.24, 2.45) is 0 Å². The van der Waals surface area contributed by atoms with Gasteiger partial charge in [0.2, 0.25) is 6.10 Å². The number of benzene rings is 1. The highest BCUT2D eigenvalue weighted by Crippen LogP contribution is 2.31. The van der Waals surface area contributed by atoms with Crippen molar-refractivity contribution in [2.75, 3.05) is 37.4 Å². The Hall–Kier alpha value is -3.01. The molecule has 2 aliphatic rings. The molecule has 10 heteroatoms. The molecule has 0 saturated carbocycles. The van der Waals surface area contributed by atoms with Gasteiger partial charge in [0.05, 0.1) is 18.1 Å². The zero-order valence-electron chi connectivity index (χ0n) is 17.3. The molecule has 1 fully saturated rings. The predicted molar refractivity (Wildman–Crippen MR) is 118 cm³/mol. The number of thioether (sulfide) groups is 1. The average Bonchev–Trinajstić information content (AvgIpc) is 3.48. The Morgan fingerprint density at radius 2 is 2.03 bits per heavy atom. The van der Waals surface area contributed by atoms with Crippen molar-refractivity contribution in [3.05, 3.63) is 30.5 Å². The van der Waals surface area contributed by atoms with Crippen LogP contribution >= 0.6 is 11.8 Å². The molecule has 2 aliphatic heterocycles. The summed E-state index contributed by atoms with van der Waals surface area (Å²) in [4.78, 5) is 24.2. The Kier molecular flexibility index (Phi) is 5.54. The quantitative estimate of drug-likeness (QED) is 0.460. The fourth-order valence-corrected chi connectivity index (χ4v) is 4.25. The normalized spacial score (nSPS) is 17.8. The predicted octanol–water partition coefficient (Wildman–Crippen LogP) is 2.10. The van der Waals surface area contributed by atoms with Gasteiger partial charge in [-0.1, -0.05) is 23.9 Å². The van der Waals surface area contributed by atoms with Crippen molar-refractivity contribution < 1.29 is 14.3 Å². The molecule has 1 aromatic carbocycles. The maximum absolute atomic E-state index is 12.5. The number of nitrogens with one attached hydrogen (secondary N) is 1. The van der Waals surface area contributed by atoms with Crippen LogP contribution in [0.1, 0.15) is 12.8 Å². The Labute approximate surface area is 184 Å². The van der Waals surface area contributed by atoms with Gasteiger partial charge in [0.15, 0.2) is 22.3 Å². The summed E-state index contributed by atoms with van der Waals surface area (Å²) in [6.45, 7) is 3.12. The molecule has 0 radical (unpaired) electrons. The first-order valence-electron chi connectivity index (χ1n) is 10.4. The second-order valence-electron chi connectivity index (χ2n) is 7.49. The third-order valence-electron chi connectivity index (χ3n) is 5.47.